The Kier molecular flexibility index (Phi) is 4.07. The Morgan fingerprint density at radius 1 is 1.36 bits per heavy atom. The number of benzene rings is 1. The van der Waals surface area contributed by atoms with Gasteiger partial charge in [0, 0.05) is 30.2 Å². The van der Waals surface area contributed by atoms with Gasteiger partial charge in [-0.15, -0.1) is 0 Å². The first kappa shape index (κ1) is 18.3. The van der Waals surface area contributed by atoms with Gasteiger partial charge in [-0.1, -0.05) is 0 Å². The largest absolute Gasteiger partial charge is 0.477 e. The fraction of sp³-hybridized carbons (Fsp3) is 0.316. The van der Waals surface area contributed by atoms with Crippen molar-refractivity contribution in [2.24, 2.45) is 5.73 Å². The third-order valence-electron chi connectivity index (χ3n) is 4.91. The molecule has 0 radical (unpaired) electrons. The van der Waals surface area contributed by atoms with Gasteiger partial charge in [0.1, 0.15) is 23.7 Å². The number of nitrogens with two attached hydrogens (primary N) is 1. The molecule has 9 heteroatoms. The van der Waals surface area contributed by atoms with Crippen molar-refractivity contribution >= 4 is 33.6 Å². The summed E-state index contributed by atoms with van der Waals surface area (Å²) in [5, 5.41) is 9.61. The quantitative estimate of drug-likeness (QED) is 0.662. The topological polar surface area (TPSA) is 101 Å². The first-order chi connectivity index (χ1) is 13.2. The number of rotatable bonds is 4. The molecule has 3 N–H and O–H groups in total. The number of aromatic nitrogens is 2. The summed E-state index contributed by atoms with van der Waals surface area (Å²) in [7, 11) is 0. The number of nitrogens with zero attached hydrogens (tertiary/aromatic N) is 3. The molecule has 3 aromatic rings. The average molecular weight is 388 g/mol. The molecule has 1 aliphatic heterocycles. The maximum atomic E-state index is 14.6. The van der Waals surface area contributed by atoms with E-state index in [2.05, 4.69) is 4.98 Å². The molecule has 0 aliphatic carbocycles. The Hall–Kier alpha value is -3.07. The summed E-state index contributed by atoms with van der Waals surface area (Å²) in [6.07, 6.45) is 1.09. The Bertz CT molecular complexity index is 1180. The third-order valence-corrected chi connectivity index (χ3v) is 4.91. The minimum atomic E-state index is -1.41. The van der Waals surface area contributed by atoms with Crippen LogP contribution in [0, 0.1) is 5.82 Å². The van der Waals surface area contributed by atoms with Crippen molar-refractivity contribution in [3.63, 3.8) is 0 Å². The second-order valence-corrected chi connectivity index (χ2v) is 7.43. The number of hydrogen-bond acceptors (Lipinski definition) is 5. The number of carboxylic acids is 1. The van der Waals surface area contributed by atoms with Crippen molar-refractivity contribution in [1.82, 2.24) is 9.55 Å². The molecule has 0 atom stereocenters. The molecule has 3 heterocycles. The highest BCUT2D eigenvalue weighted by Gasteiger charge is 2.36. The van der Waals surface area contributed by atoms with Crippen LogP contribution in [0.15, 0.2) is 29.2 Å². The first-order valence-electron chi connectivity index (χ1n) is 8.71. The fourth-order valence-corrected chi connectivity index (χ4v) is 3.63. The van der Waals surface area contributed by atoms with E-state index in [1.54, 1.807) is 11.0 Å². The number of anilines is 1. The molecule has 0 saturated carbocycles. The number of hydrogen-bond donors (Lipinski definition) is 2. The molecule has 0 spiro atoms. The maximum Gasteiger partial charge on any atom is 0.341 e. The minimum absolute atomic E-state index is 0.00600. The zero-order valence-corrected chi connectivity index (χ0v) is 15.1. The summed E-state index contributed by atoms with van der Waals surface area (Å²) < 4.78 is 28.9. The van der Waals surface area contributed by atoms with Crippen LogP contribution in [-0.2, 0) is 6.54 Å². The van der Waals surface area contributed by atoms with Gasteiger partial charge in [-0.2, -0.15) is 0 Å². The van der Waals surface area contributed by atoms with Crippen LogP contribution in [0.1, 0.15) is 17.3 Å². The van der Waals surface area contributed by atoms with E-state index < -0.39 is 29.5 Å². The Morgan fingerprint density at radius 3 is 2.68 bits per heavy atom. The fourth-order valence-electron chi connectivity index (χ4n) is 3.63. The summed E-state index contributed by atoms with van der Waals surface area (Å²) in [6, 6.07) is 4.22. The number of aromatic carboxylic acids is 1. The van der Waals surface area contributed by atoms with E-state index in [1.165, 1.54) is 16.7 Å². The number of carbonyl (C=O) groups is 1. The van der Waals surface area contributed by atoms with E-state index in [0.29, 0.717) is 29.7 Å². The predicted octanol–water partition coefficient (Wildman–Crippen LogP) is 1.89. The van der Waals surface area contributed by atoms with Gasteiger partial charge >= 0.3 is 5.97 Å². The Labute approximate surface area is 158 Å². The van der Waals surface area contributed by atoms with Gasteiger partial charge in [0.2, 0.25) is 5.43 Å². The highest BCUT2D eigenvalue weighted by Crippen LogP contribution is 2.32. The maximum absolute atomic E-state index is 14.6. The third kappa shape index (κ3) is 2.88. The summed E-state index contributed by atoms with van der Waals surface area (Å²) >= 11 is 0. The molecule has 7 nitrogen and oxygen atoms in total. The summed E-state index contributed by atoms with van der Waals surface area (Å²) in [5.74, 6) is -1.90. The van der Waals surface area contributed by atoms with Crippen LogP contribution >= 0.6 is 0 Å². The number of carboxylic acid groups (broad SMARTS) is 1. The summed E-state index contributed by atoms with van der Waals surface area (Å²) in [5.41, 5.74) is 5.32. The molecule has 2 aromatic heterocycles. The number of halogens is 2. The number of pyridine rings is 2. The van der Waals surface area contributed by atoms with Crippen LogP contribution in [0.3, 0.4) is 0 Å². The lowest BCUT2D eigenvalue weighted by Gasteiger charge is -2.47. The van der Waals surface area contributed by atoms with Crippen LogP contribution in [0.2, 0.25) is 0 Å². The van der Waals surface area contributed by atoms with Gasteiger partial charge in [-0.3, -0.25) is 4.79 Å². The average Bonchev–Trinajstić information content (AvgIpc) is 2.60. The van der Waals surface area contributed by atoms with Gasteiger partial charge in [0.25, 0.3) is 0 Å². The normalized spacial score (nSPS) is 15.8. The first-order valence-corrected chi connectivity index (χ1v) is 8.71. The van der Waals surface area contributed by atoms with Crippen molar-refractivity contribution in [2.45, 2.75) is 19.0 Å². The number of aryl methyl sites for hydroxylation is 1. The van der Waals surface area contributed by atoms with E-state index >= 15 is 0 Å². The lowest BCUT2D eigenvalue weighted by Crippen LogP contribution is -2.65. The SMILES string of the molecule is CC1(N)CN(c2cc3nc4c(cc3cc2F)c(=O)c(C(=O)O)cn4CCF)C1. The summed E-state index contributed by atoms with van der Waals surface area (Å²) in [6.45, 7) is 1.97. The van der Waals surface area contributed by atoms with Crippen LogP contribution in [-0.4, -0.2) is 45.9 Å². The molecular weight excluding hydrogens is 370 g/mol. The number of alkyl halides is 1. The van der Waals surface area contributed by atoms with Gasteiger partial charge in [0.05, 0.1) is 23.1 Å². The molecule has 0 unspecified atom stereocenters. The van der Waals surface area contributed by atoms with Gasteiger partial charge in [-0.05, 0) is 25.1 Å². The number of fused-ring (bicyclic) bond motifs is 2. The van der Waals surface area contributed by atoms with Crippen LogP contribution in [0.4, 0.5) is 14.5 Å². The van der Waals surface area contributed by atoms with Crippen LogP contribution in [0.25, 0.3) is 21.9 Å². The molecule has 4 rings (SSSR count). The van der Waals surface area contributed by atoms with Crippen LogP contribution < -0.4 is 16.1 Å². The second-order valence-electron chi connectivity index (χ2n) is 7.43. The monoisotopic (exact) mass is 388 g/mol. The van der Waals surface area contributed by atoms with Crippen LogP contribution in [0.5, 0.6) is 0 Å². The van der Waals surface area contributed by atoms with Crippen molar-refractivity contribution < 1.29 is 18.7 Å². The van der Waals surface area contributed by atoms with Crippen molar-refractivity contribution in [1.29, 1.82) is 0 Å². The van der Waals surface area contributed by atoms with Gasteiger partial charge < -0.3 is 20.3 Å². The van der Waals surface area contributed by atoms with E-state index in [-0.39, 0.29) is 23.1 Å². The molecule has 1 fully saturated rings. The zero-order valence-electron chi connectivity index (χ0n) is 15.1. The molecule has 146 valence electrons. The van der Waals surface area contributed by atoms with E-state index in [9.17, 15) is 23.5 Å². The molecular formula is C19H18F2N4O3. The smallest absolute Gasteiger partial charge is 0.341 e. The lowest BCUT2D eigenvalue weighted by molar-refractivity contribution is 0.0694. The molecule has 0 bridgehead atoms. The standard InChI is InChI=1S/C19H18F2N4O3/c1-19(22)8-25(9-19)15-6-14-10(5-13(15)21)4-11-16(26)12(18(27)28)7-24(3-2-20)17(11)23-14/h4-7H,2-3,8-9,22H2,1H3,(H,27,28). The van der Waals surface area contributed by atoms with Crippen molar-refractivity contribution in [3.8, 4) is 0 Å². The van der Waals surface area contributed by atoms with E-state index in [1.807, 2.05) is 6.92 Å². The molecule has 1 aromatic carbocycles. The van der Waals surface area contributed by atoms with Crippen molar-refractivity contribution in [3.05, 3.63) is 46.0 Å². The van der Waals surface area contributed by atoms with Gasteiger partial charge in [-0.25, -0.2) is 18.6 Å². The van der Waals surface area contributed by atoms with E-state index in [0.717, 1.165) is 6.20 Å². The van der Waals surface area contributed by atoms with Crippen molar-refractivity contribution in [2.75, 3.05) is 24.7 Å². The highest BCUT2D eigenvalue weighted by molar-refractivity contribution is 5.96. The molecule has 1 saturated heterocycles. The molecule has 1 aliphatic rings. The molecule has 0 amide bonds. The Morgan fingerprint density at radius 2 is 2.07 bits per heavy atom. The highest BCUT2D eigenvalue weighted by atomic mass is 19.1. The molecule has 28 heavy (non-hydrogen) atoms. The lowest BCUT2D eigenvalue weighted by atomic mass is 9.93. The minimum Gasteiger partial charge on any atom is -0.477 e. The second kappa shape index (κ2) is 6.23. The Balaban J connectivity index is 1.95. The summed E-state index contributed by atoms with van der Waals surface area (Å²) in [4.78, 5) is 30.1. The predicted molar refractivity (Wildman–Crippen MR) is 101 cm³/mol. The zero-order chi connectivity index (χ0) is 20.2. The van der Waals surface area contributed by atoms with E-state index in [4.69, 9.17) is 5.73 Å². The van der Waals surface area contributed by atoms with Gasteiger partial charge in [0.15, 0.2) is 0 Å².